The summed E-state index contributed by atoms with van der Waals surface area (Å²) in [6, 6.07) is 7.26. The maximum atomic E-state index is 11.3. The van der Waals surface area contributed by atoms with Crippen LogP contribution in [0.2, 0.25) is 0 Å². The molecule has 0 unspecified atom stereocenters. The molecule has 0 amide bonds. The number of hydrogen-bond donors (Lipinski definition) is 1. The van der Waals surface area contributed by atoms with Crippen LogP contribution in [0.25, 0.3) is 10.9 Å². The molecular weight excluding hydrogens is 215 g/mol. The number of hydrogen-bond acceptors (Lipinski definition) is 2. The second-order valence-electron chi connectivity index (χ2n) is 2.41. The number of para-hydroxylation sites is 1. The van der Waals surface area contributed by atoms with Gasteiger partial charge in [-0.15, -0.1) is 0 Å². The van der Waals surface area contributed by atoms with Gasteiger partial charge in [-0.2, -0.15) is 0 Å². The van der Waals surface area contributed by atoms with Crippen molar-refractivity contribution in [2.75, 3.05) is 0 Å². The van der Waals surface area contributed by atoms with Gasteiger partial charge >= 0.3 is 77.0 Å². The topological polar surface area (TPSA) is 45.8 Å². The van der Waals surface area contributed by atoms with E-state index in [1.165, 1.54) is 0 Å². The quantitative estimate of drug-likeness (QED) is 0.620. The van der Waals surface area contributed by atoms with Gasteiger partial charge in [0.2, 0.25) is 0 Å². The summed E-state index contributed by atoms with van der Waals surface area (Å²) in [5.74, 6) is 0. The van der Waals surface area contributed by atoms with E-state index in [1.807, 2.05) is 18.2 Å². The number of benzene rings is 1. The SMILES string of the molecule is O=c1[nH]c([As])nc2ccccc12. The van der Waals surface area contributed by atoms with E-state index < -0.39 is 0 Å². The summed E-state index contributed by atoms with van der Waals surface area (Å²) in [6.45, 7) is 0. The Morgan fingerprint density at radius 2 is 2.08 bits per heavy atom. The van der Waals surface area contributed by atoms with Crippen LogP contribution in [-0.2, 0) is 0 Å². The Kier molecular flexibility index (Phi) is 1.74. The zero-order valence-electron chi connectivity index (χ0n) is 6.11. The van der Waals surface area contributed by atoms with Crippen LogP contribution >= 0.6 is 0 Å². The molecule has 0 saturated heterocycles. The van der Waals surface area contributed by atoms with Gasteiger partial charge in [0.25, 0.3) is 0 Å². The van der Waals surface area contributed by atoms with Gasteiger partial charge in [0.1, 0.15) is 0 Å². The van der Waals surface area contributed by atoms with Gasteiger partial charge in [-0.3, -0.25) is 0 Å². The average Bonchev–Trinajstić information content (AvgIpc) is 2.04. The number of nitrogens with one attached hydrogen (secondary N) is 1. The van der Waals surface area contributed by atoms with E-state index in [1.54, 1.807) is 6.07 Å². The van der Waals surface area contributed by atoms with Gasteiger partial charge in [-0.25, -0.2) is 0 Å². The second kappa shape index (κ2) is 2.76. The number of aromatic amines is 1. The molecule has 58 valence electrons. The number of fused-ring (bicyclic) bond motifs is 1. The van der Waals surface area contributed by atoms with Crippen molar-refractivity contribution in [2.24, 2.45) is 0 Å². The summed E-state index contributed by atoms with van der Waals surface area (Å²) in [7, 11) is 0. The van der Waals surface area contributed by atoms with E-state index in [4.69, 9.17) is 0 Å². The van der Waals surface area contributed by atoms with Crippen LogP contribution < -0.4 is 10.2 Å². The minimum absolute atomic E-state index is 0.0868. The van der Waals surface area contributed by atoms with Crippen molar-refractivity contribution >= 4 is 32.4 Å². The fourth-order valence-corrected chi connectivity index (χ4v) is 1.51. The van der Waals surface area contributed by atoms with Crippen LogP contribution in [0.4, 0.5) is 0 Å². The molecule has 2 rings (SSSR count). The van der Waals surface area contributed by atoms with Gasteiger partial charge in [0.05, 0.1) is 0 Å². The van der Waals surface area contributed by atoms with Gasteiger partial charge in [0, 0.05) is 0 Å². The predicted molar refractivity (Wildman–Crippen MR) is 47.8 cm³/mol. The normalized spacial score (nSPS) is 10.4. The van der Waals surface area contributed by atoms with Crippen molar-refractivity contribution in [2.45, 2.75) is 0 Å². The molecule has 0 fully saturated rings. The van der Waals surface area contributed by atoms with Crippen LogP contribution in [-0.4, -0.2) is 26.8 Å². The third kappa shape index (κ3) is 1.16. The van der Waals surface area contributed by atoms with Gasteiger partial charge < -0.3 is 0 Å². The molecule has 4 heteroatoms. The molecule has 0 atom stereocenters. The first-order valence-electron chi connectivity index (χ1n) is 3.45. The Morgan fingerprint density at radius 3 is 2.92 bits per heavy atom. The van der Waals surface area contributed by atoms with E-state index in [2.05, 4.69) is 26.8 Å². The predicted octanol–water partition coefficient (Wildman–Crippen LogP) is -0.283. The fraction of sp³-hybridized carbons (Fsp3) is 0. The average molecular weight is 220 g/mol. The molecule has 1 N–H and O–H groups in total. The first kappa shape index (κ1) is 7.56. The molecule has 0 bridgehead atoms. The standard InChI is InChI=1S/C8H5AsN2O/c9-8-10-6-4-2-1-3-5(6)7(12)11-8/h1-4H,(H,10,11,12). The van der Waals surface area contributed by atoms with Crippen LogP contribution in [0.1, 0.15) is 0 Å². The Morgan fingerprint density at radius 1 is 1.33 bits per heavy atom. The van der Waals surface area contributed by atoms with E-state index in [0.29, 0.717) is 10.00 Å². The summed E-state index contributed by atoms with van der Waals surface area (Å²) < 4.78 is 0.589. The molecule has 2 aromatic rings. The molecule has 3 nitrogen and oxygen atoms in total. The Bertz CT molecular complexity index is 478. The zero-order valence-corrected chi connectivity index (χ0v) is 7.99. The van der Waals surface area contributed by atoms with Crippen LogP contribution in [0.3, 0.4) is 0 Å². The summed E-state index contributed by atoms with van der Waals surface area (Å²) in [4.78, 5) is 18.1. The first-order valence-corrected chi connectivity index (χ1v) is 4.39. The van der Waals surface area contributed by atoms with Gasteiger partial charge in [-0.1, -0.05) is 0 Å². The summed E-state index contributed by atoms with van der Waals surface area (Å²) in [5.41, 5.74) is 0.646. The van der Waals surface area contributed by atoms with Crippen molar-refractivity contribution in [3.05, 3.63) is 34.6 Å². The van der Waals surface area contributed by atoms with Crippen molar-refractivity contribution in [3.8, 4) is 0 Å². The van der Waals surface area contributed by atoms with Crippen molar-refractivity contribution in [3.63, 3.8) is 0 Å². The molecule has 12 heavy (non-hydrogen) atoms. The molecular formula is C8H5AsN2O. The molecule has 0 saturated carbocycles. The molecule has 1 aromatic carbocycles. The summed E-state index contributed by atoms with van der Waals surface area (Å²) in [6.07, 6.45) is 0. The molecule has 0 aliphatic rings. The number of aromatic nitrogens is 2. The van der Waals surface area contributed by atoms with Crippen molar-refractivity contribution < 1.29 is 0 Å². The number of rotatable bonds is 0. The van der Waals surface area contributed by atoms with Crippen LogP contribution in [0.5, 0.6) is 0 Å². The maximum absolute atomic E-state index is 11.3. The van der Waals surface area contributed by atoms with E-state index in [-0.39, 0.29) is 5.56 Å². The zero-order chi connectivity index (χ0) is 8.55. The molecule has 2 radical (unpaired) electrons. The molecule has 0 aliphatic heterocycles. The molecule has 1 heterocycles. The molecule has 0 spiro atoms. The number of nitrogens with zero attached hydrogens (tertiary/aromatic N) is 1. The Hall–Kier alpha value is -1.08. The van der Waals surface area contributed by atoms with Gasteiger partial charge in [0.15, 0.2) is 0 Å². The summed E-state index contributed by atoms with van der Waals surface area (Å²) in [5, 5.41) is 0.632. The number of H-pyrrole nitrogens is 1. The molecule has 0 aliphatic carbocycles. The Labute approximate surface area is 77.3 Å². The fourth-order valence-electron chi connectivity index (χ4n) is 1.07. The van der Waals surface area contributed by atoms with E-state index >= 15 is 0 Å². The van der Waals surface area contributed by atoms with E-state index in [0.717, 1.165) is 5.52 Å². The first-order chi connectivity index (χ1) is 5.77. The van der Waals surface area contributed by atoms with Crippen molar-refractivity contribution in [1.82, 2.24) is 9.97 Å². The third-order valence-corrected chi connectivity index (χ3v) is 2.04. The van der Waals surface area contributed by atoms with Crippen LogP contribution in [0, 0.1) is 0 Å². The molecule has 1 aromatic heterocycles. The third-order valence-electron chi connectivity index (χ3n) is 1.60. The van der Waals surface area contributed by atoms with Gasteiger partial charge in [-0.05, 0) is 0 Å². The Balaban J connectivity index is 2.99. The van der Waals surface area contributed by atoms with Crippen molar-refractivity contribution in [1.29, 1.82) is 0 Å². The second-order valence-corrected chi connectivity index (χ2v) is 3.30. The minimum atomic E-state index is -0.0868. The van der Waals surface area contributed by atoms with Crippen LogP contribution in [0.15, 0.2) is 29.1 Å². The monoisotopic (exact) mass is 220 g/mol. The van der Waals surface area contributed by atoms with E-state index in [9.17, 15) is 4.79 Å². The summed E-state index contributed by atoms with van der Waals surface area (Å²) >= 11 is 2.22.